The average Bonchev–Trinajstić information content (AvgIpc) is 3.22. The monoisotopic (exact) mass is 473 g/mol. The Kier molecular flexibility index (Phi) is 7.08. The van der Waals surface area contributed by atoms with Crippen molar-refractivity contribution >= 4 is 35.0 Å². The van der Waals surface area contributed by atoms with Gasteiger partial charge in [0.05, 0.1) is 16.9 Å². The normalized spacial score (nSPS) is 11.5. The molecule has 1 heterocycles. The van der Waals surface area contributed by atoms with Crippen molar-refractivity contribution < 1.29 is 4.79 Å². The van der Waals surface area contributed by atoms with E-state index in [-0.39, 0.29) is 5.91 Å². The van der Waals surface area contributed by atoms with E-state index in [4.69, 9.17) is 16.9 Å². The number of rotatable bonds is 7. The largest absolute Gasteiger partial charge is 0.325 e. The quantitative estimate of drug-likeness (QED) is 0.358. The number of benzene rings is 3. The third kappa shape index (κ3) is 5.61. The number of nitrogens with zero attached hydrogens (tertiary/aromatic N) is 4. The number of thioether (sulfide) groups is 1. The number of halogens is 1. The highest BCUT2D eigenvalue weighted by molar-refractivity contribution is 8.00. The van der Waals surface area contributed by atoms with Gasteiger partial charge >= 0.3 is 0 Å². The fraction of sp³-hybridized carbons (Fsp3) is 0.120. The summed E-state index contributed by atoms with van der Waals surface area (Å²) in [6.07, 6.45) is 0.596. The second kappa shape index (κ2) is 10.3. The van der Waals surface area contributed by atoms with E-state index < -0.39 is 5.25 Å². The molecule has 164 valence electrons. The molecule has 0 saturated heterocycles. The van der Waals surface area contributed by atoms with Crippen LogP contribution in [0.1, 0.15) is 23.9 Å². The third-order valence-corrected chi connectivity index (χ3v) is 6.20. The number of amides is 1. The molecule has 0 radical (unpaired) electrons. The van der Waals surface area contributed by atoms with Gasteiger partial charge in [0, 0.05) is 22.8 Å². The summed E-state index contributed by atoms with van der Waals surface area (Å²) in [5.41, 5.74) is 3.04. The molecule has 1 amide bonds. The van der Waals surface area contributed by atoms with Crippen molar-refractivity contribution in [1.82, 2.24) is 14.8 Å². The maximum Gasteiger partial charge on any atom is 0.237 e. The number of anilines is 1. The molecule has 1 aromatic heterocycles. The van der Waals surface area contributed by atoms with Crippen LogP contribution in [0.4, 0.5) is 5.69 Å². The van der Waals surface area contributed by atoms with Crippen LogP contribution in [0.3, 0.4) is 0 Å². The number of hydrogen-bond acceptors (Lipinski definition) is 5. The van der Waals surface area contributed by atoms with Crippen LogP contribution in [0.5, 0.6) is 0 Å². The molecule has 0 aliphatic rings. The molecule has 0 aliphatic carbocycles. The molecule has 4 aromatic rings. The summed E-state index contributed by atoms with van der Waals surface area (Å²) in [7, 11) is 0. The Morgan fingerprint density at radius 1 is 1.09 bits per heavy atom. The Labute approximate surface area is 201 Å². The van der Waals surface area contributed by atoms with Crippen LogP contribution < -0.4 is 5.32 Å². The zero-order valence-electron chi connectivity index (χ0n) is 17.8. The number of nitrogens with one attached hydrogen (secondary N) is 1. The summed E-state index contributed by atoms with van der Waals surface area (Å²) < 4.78 is 1.95. The summed E-state index contributed by atoms with van der Waals surface area (Å²) in [6, 6.07) is 26.4. The first-order valence-corrected chi connectivity index (χ1v) is 11.5. The Bertz CT molecular complexity index is 1300. The smallest absolute Gasteiger partial charge is 0.237 e. The van der Waals surface area contributed by atoms with Crippen LogP contribution in [0, 0.1) is 11.3 Å². The van der Waals surface area contributed by atoms with E-state index in [1.165, 1.54) is 11.8 Å². The van der Waals surface area contributed by atoms with Crippen LogP contribution in [-0.2, 0) is 11.2 Å². The van der Waals surface area contributed by atoms with Crippen molar-refractivity contribution in [3.05, 3.63) is 101 Å². The molecule has 0 aliphatic heterocycles. The molecule has 1 N–H and O–H groups in total. The van der Waals surface area contributed by atoms with Gasteiger partial charge in [0.1, 0.15) is 5.82 Å². The number of carbonyl (C=O) groups excluding carboxylic acids is 1. The SMILES string of the molecule is CC(Sc1nnc(Cc2ccccc2)n1-c1ccc(Cl)cc1)C(=O)Nc1cccc(C#N)c1. The molecule has 8 heteroatoms. The fourth-order valence-electron chi connectivity index (χ4n) is 3.24. The molecule has 1 unspecified atom stereocenters. The molecule has 3 aromatic carbocycles. The van der Waals surface area contributed by atoms with E-state index in [0.29, 0.717) is 27.9 Å². The van der Waals surface area contributed by atoms with Gasteiger partial charge in [-0.2, -0.15) is 5.26 Å². The highest BCUT2D eigenvalue weighted by Crippen LogP contribution is 2.28. The van der Waals surface area contributed by atoms with Crippen molar-refractivity contribution in [2.75, 3.05) is 5.32 Å². The first-order valence-electron chi connectivity index (χ1n) is 10.3. The van der Waals surface area contributed by atoms with Gasteiger partial charge in [-0.3, -0.25) is 9.36 Å². The minimum absolute atomic E-state index is 0.189. The molecule has 0 fully saturated rings. The predicted molar refractivity (Wildman–Crippen MR) is 131 cm³/mol. The van der Waals surface area contributed by atoms with Crippen molar-refractivity contribution in [2.45, 2.75) is 23.8 Å². The van der Waals surface area contributed by atoms with E-state index >= 15 is 0 Å². The summed E-state index contributed by atoms with van der Waals surface area (Å²) in [5, 5.41) is 21.5. The molecule has 1 atom stereocenters. The number of hydrogen-bond donors (Lipinski definition) is 1. The molecule has 4 rings (SSSR count). The highest BCUT2D eigenvalue weighted by atomic mass is 35.5. The van der Waals surface area contributed by atoms with Gasteiger partial charge in [0.25, 0.3) is 0 Å². The Morgan fingerprint density at radius 3 is 2.58 bits per heavy atom. The molecule has 0 spiro atoms. The van der Waals surface area contributed by atoms with Crippen molar-refractivity contribution in [1.29, 1.82) is 5.26 Å². The predicted octanol–water partition coefficient (Wildman–Crippen LogP) is 5.50. The van der Waals surface area contributed by atoms with E-state index in [2.05, 4.69) is 21.6 Å². The van der Waals surface area contributed by atoms with Crippen molar-refractivity contribution in [2.24, 2.45) is 0 Å². The molecular formula is C25H20ClN5OS. The number of carbonyl (C=O) groups is 1. The van der Waals surface area contributed by atoms with Gasteiger partial charge in [-0.25, -0.2) is 0 Å². The lowest BCUT2D eigenvalue weighted by molar-refractivity contribution is -0.115. The van der Waals surface area contributed by atoms with Crippen LogP contribution in [0.15, 0.2) is 84.0 Å². The van der Waals surface area contributed by atoms with Crippen LogP contribution in [-0.4, -0.2) is 25.9 Å². The van der Waals surface area contributed by atoms with Crippen molar-refractivity contribution in [3.63, 3.8) is 0 Å². The number of aromatic nitrogens is 3. The Balaban J connectivity index is 1.59. The van der Waals surface area contributed by atoms with Gasteiger partial charge in [-0.1, -0.05) is 59.8 Å². The van der Waals surface area contributed by atoms with Crippen LogP contribution >= 0.6 is 23.4 Å². The fourth-order valence-corrected chi connectivity index (χ4v) is 4.25. The van der Waals surface area contributed by atoms with Crippen molar-refractivity contribution in [3.8, 4) is 11.8 Å². The zero-order valence-corrected chi connectivity index (χ0v) is 19.3. The van der Waals surface area contributed by atoms with E-state index in [1.807, 2.05) is 66.1 Å². The lowest BCUT2D eigenvalue weighted by Crippen LogP contribution is -2.23. The lowest BCUT2D eigenvalue weighted by atomic mass is 10.1. The molecule has 33 heavy (non-hydrogen) atoms. The maximum atomic E-state index is 12.8. The average molecular weight is 474 g/mol. The van der Waals surface area contributed by atoms with Crippen LogP contribution in [0.25, 0.3) is 5.69 Å². The van der Waals surface area contributed by atoms with E-state index in [9.17, 15) is 4.79 Å². The lowest BCUT2D eigenvalue weighted by Gasteiger charge is -2.14. The Hall–Kier alpha value is -3.60. The molecule has 0 bridgehead atoms. The minimum atomic E-state index is -0.449. The summed E-state index contributed by atoms with van der Waals surface area (Å²) >= 11 is 7.41. The molecular weight excluding hydrogens is 454 g/mol. The summed E-state index contributed by atoms with van der Waals surface area (Å²) in [5.74, 6) is 0.575. The van der Waals surface area contributed by atoms with Crippen LogP contribution in [0.2, 0.25) is 5.02 Å². The summed E-state index contributed by atoms with van der Waals surface area (Å²) in [6.45, 7) is 1.81. The molecule has 6 nitrogen and oxygen atoms in total. The first kappa shape index (κ1) is 22.6. The van der Waals surface area contributed by atoms with Gasteiger partial charge in [-0.15, -0.1) is 10.2 Å². The van der Waals surface area contributed by atoms with Gasteiger partial charge in [0.2, 0.25) is 5.91 Å². The highest BCUT2D eigenvalue weighted by Gasteiger charge is 2.21. The zero-order chi connectivity index (χ0) is 23.2. The summed E-state index contributed by atoms with van der Waals surface area (Å²) in [4.78, 5) is 12.8. The van der Waals surface area contributed by atoms with E-state index in [0.717, 1.165) is 17.1 Å². The topological polar surface area (TPSA) is 83.6 Å². The minimum Gasteiger partial charge on any atom is -0.325 e. The second-order valence-electron chi connectivity index (χ2n) is 7.31. The first-order chi connectivity index (χ1) is 16.0. The van der Waals surface area contributed by atoms with Gasteiger partial charge < -0.3 is 5.32 Å². The third-order valence-electron chi connectivity index (χ3n) is 4.90. The second-order valence-corrected chi connectivity index (χ2v) is 9.06. The van der Waals surface area contributed by atoms with Gasteiger partial charge in [0.15, 0.2) is 5.16 Å². The number of nitriles is 1. The molecule has 0 saturated carbocycles. The standard InChI is InChI=1S/C25H20ClN5OS/c1-17(24(32)28-21-9-5-8-19(14-21)16-27)33-25-30-29-23(15-18-6-3-2-4-7-18)31(25)22-12-10-20(26)11-13-22/h2-14,17H,15H2,1H3,(H,28,32). The maximum absolute atomic E-state index is 12.8. The van der Waals surface area contributed by atoms with E-state index in [1.54, 1.807) is 24.3 Å². The van der Waals surface area contributed by atoms with Gasteiger partial charge in [-0.05, 0) is 55.0 Å². The Morgan fingerprint density at radius 2 is 1.85 bits per heavy atom.